The zero-order valence-electron chi connectivity index (χ0n) is 24.3. The van der Waals surface area contributed by atoms with Crippen LogP contribution in [0.15, 0.2) is 53.4 Å². The van der Waals surface area contributed by atoms with E-state index in [2.05, 4.69) is 20.1 Å². The summed E-state index contributed by atoms with van der Waals surface area (Å²) in [6, 6.07) is 14.1. The quantitative estimate of drug-likeness (QED) is 0.372. The van der Waals surface area contributed by atoms with E-state index in [1.54, 1.807) is 36.4 Å². The number of H-pyrrole nitrogens is 1. The minimum atomic E-state index is -3.61. The lowest BCUT2D eigenvalue weighted by atomic mass is 10.0. The monoisotopic (exact) mass is 586 g/mol. The lowest BCUT2D eigenvalue weighted by Gasteiger charge is -2.28. The average molecular weight is 587 g/mol. The highest BCUT2D eigenvalue weighted by molar-refractivity contribution is 7.90. The number of amides is 2. The second kappa shape index (κ2) is 11.5. The fourth-order valence-electron chi connectivity index (χ4n) is 6.62. The molecular formula is C33H38N4O4S. The van der Waals surface area contributed by atoms with Gasteiger partial charge in [-0.3, -0.25) is 9.59 Å². The van der Waals surface area contributed by atoms with Crippen LogP contribution in [0.5, 0.6) is 0 Å². The van der Waals surface area contributed by atoms with Gasteiger partial charge in [-0.05, 0) is 93.6 Å². The van der Waals surface area contributed by atoms with E-state index in [9.17, 15) is 18.0 Å². The molecule has 0 saturated carbocycles. The Kier molecular flexibility index (Phi) is 7.81. The predicted octanol–water partition coefficient (Wildman–Crippen LogP) is 4.73. The minimum absolute atomic E-state index is 0.116. The Morgan fingerprint density at radius 1 is 1.02 bits per heavy atom. The highest BCUT2D eigenvalue weighted by Gasteiger charge is 2.32. The van der Waals surface area contributed by atoms with E-state index < -0.39 is 9.84 Å². The van der Waals surface area contributed by atoms with Crippen LogP contribution in [0.2, 0.25) is 0 Å². The minimum Gasteiger partial charge on any atom is -0.359 e. The van der Waals surface area contributed by atoms with Crippen molar-refractivity contribution in [3.05, 3.63) is 82.2 Å². The number of rotatable bonds is 8. The van der Waals surface area contributed by atoms with Gasteiger partial charge in [-0.15, -0.1) is 0 Å². The number of hydrogen-bond donors (Lipinski definition) is 2. The summed E-state index contributed by atoms with van der Waals surface area (Å²) in [5, 5.41) is 2.86. The number of anilines is 1. The summed E-state index contributed by atoms with van der Waals surface area (Å²) in [4.78, 5) is 34.6. The van der Waals surface area contributed by atoms with E-state index in [0.29, 0.717) is 28.8 Å². The summed E-state index contributed by atoms with van der Waals surface area (Å²) in [7, 11) is -3.61. The van der Waals surface area contributed by atoms with Crippen molar-refractivity contribution in [1.29, 1.82) is 0 Å². The molecule has 1 aromatic heterocycles. The van der Waals surface area contributed by atoms with Gasteiger partial charge < -0.3 is 20.1 Å². The van der Waals surface area contributed by atoms with Gasteiger partial charge in [0.1, 0.15) is 0 Å². The molecule has 9 heteroatoms. The molecular weight excluding hydrogens is 548 g/mol. The molecule has 6 rings (SSSR count). The van der Waals surface area contributed by atoms with Crippen LogP contribution in [0.4, 0.5) is 5.69 Å². The SMILES string of the molecule is Cc1[nH]c(C=C2C(=O)Nc3ccc(S(=O)(=O)Cc4ccccc4)cc32)c(C)c1CC(=O)N1CCC[C@H]1CN1CCCC1. The number of aromatic amines is 1. The Morgan fingerprint density at radius 3 is 2.55 bits per heavy atom. The van der Waals surface area contributed by atoms with Gasteiger partial charge in [-0.2, -0.15) is 0 Å². The van der Waals surface area contributed by atoms with Crippen LogP contribution >= 0.6 is 0 Å². The number of fused-ring (bicyclic) bond motifs is 1. The number of aromatic nitrogens is 1. The number of carbonyl (C=O) groups is 2. The molecule has 0 aliphatic carbocycles. The lowest BCUT2D eigenvalue weighted by Crippen LogP contribution is -2.43. The number of nitrogens with zero attached hydrogens (tertiary/aromatic N) is 2. The molecule has 0 spiro atoms. The lowest BCUT2D eigenvalue weighted by molar-refractivity contribution is -0.131. The van der Waals surface area contributed by atoms with Gasteiger partial charge in [-0.1, -0.05) is 30.3 Å². The number of carbonyl (C=O) groups excluding carboxylic acids is 2. The maximum atomic E-state index is 13.5. The third-order valence-electron chi connectivity index (χ3n) is 8.95. The Morgan fingerprint density at radius 2 is 1.79 bits per heavy atom. The summed E-state index contributed by atoms with van der Waals surface area (Å²) in [6.45, 7) is 7.96. The molecule has 2 saturated heterocycles. The molecule has 8 nitrogen and oxygen atoms in total. The van der Waals surface area contributed by atoms with Crippen molar-refractivity contribution in [2.45, 2.75) is 62.6 Å². The van der Waals surface area contributed by atoms with E-state index in [4.69, 9.17) is 0 Å². The second-order valence-electron chi connectivity index (χ2n) is 11.8. The van der Waals surface area contributed by atoms with Crippen molar-refractivity contribution in [2.75, 3.05) is 31.5 Å². The summed E-state index contributed by atoms with van der Waals surface area (Å²) >= 11 is 0. The molecule has 0 radical (unpaired) electrons. The largest absolute Gasteiger partial charge is 0.359 e. The van der Waals surface area contributed by atoms with Gasteiger partial charge in [0.25, 0.3) is 5.91 Å². The maximum absolute atomic E-state index is 13.5. The zero-order chi connectivity index (χ0) is 29.4. The number of nitrogens with one attached hydrogen (secondary N) is 2. The molecule has 220 valence electrons. The molecule has 4 heterocycles. The van der Waals surface area contributed by atoms with Crippen LogP contribution in [-0.4, -0.2) is 67.2 Å². The molecule has 2 amide bonds. The first-order chi connectivity index (χ1) is 20.2. The fraction of sp³-hybridized carbons (Fsp3) is 0.394. The van der Waals surface area contributed by atoms with E-state index in [0.717, 1.165) is 61.5 Å². The molecule has 0 unspecified atom stereocenters. The molecule has 3 aromatic rings. The first-order valence-electron chi connectivity index (χ1n) is 14.8. The van der Waals surface area contributed by atoms with E-state index in [1.165, 1.54) is 12.8 Å². The molecule has 1 atom stereocenters. The van der Waals surface area contributed by atoms with Crippen molar-refractivity contribution in [2.24, 2.45) is 0 Å². The Labute approximate surface area is 247 Å². The highest BCUT2D eigenvalue weighted by atomic mass is 32.2. The number of benzene rings is 2. The summed E-state index contributed by atoms with van der Waals surface area (Å²) in [5.74, 6) is -0.248. The van der Waals surface area contributed by atoms with Gasteiger partial charge in [-0.25, -0.2) is 8.42 Å². The zero-order valence-corrected chi connectivity index (χ0v) is 25.1. The molecule has 2 N–H and O–H groups in total. The second-order valence-corrected chi connectivity index (χ2v) is 13.8. The Balaban J connectivity index is 1.23. The van der Waals surface area contributed by atoms with Gasteiger partial charge in [0, 0.05) is 41.8 Å². The van der Waals surface area contributed by atoms with Crippen molar-refractivity contribution in [3.8, 4) is 0 Å². The van der Waals surface area contributed by atoms with Gasteiger partial charge in [0.2, 0.25) is 5.91 Å². The molecule has 3 aliphatic heterocycles. The van der Waals surface area contributed by atoms with Crippen molar-refractivity contribution in [1.82, 2.24) is 14.8 Å². The van der Waals surface area contributed by atoms with Crippen molar-refractivity contribution in [3.63, 3.8) is 0 Å². The number of likely N-dealkylation sites (tertiary alicyclic amines) is 2. The third kappa shape index (κ3) is 5.68. The summed E-state index contributed by atoms with van der Waals surface area (Å²) < 4.78 is 26.4. The van der Waals surface area contributed by atoms with Crippen LogP contribution < -0.4 is 5.32 Å². The van der Waals surface area contributed by atoms with Crippen LogP contribution in [0, 0.1) is 13.8 Å². The fourth-order valence-corrected chi connectivity index (χ4v) is 7.99. The number of aryl methyl sites for hydroxylation is 1. The predicted molar refractivity (Wildman–Crippen MR) is 165 cm³/mol. The number of sulfone groups is 1. The van der Waals surface area contributed by atoms with Crippen LogP contribution in [-0.2, 0) is 31.6 Å². The van der Waals surface area contributed by atoms with Gasteiger partial charge in [0.05, 0.1) is 22.6 Å². The summed E-state index contributed by atoms with van der Waals surface area (Å²) in [5.41, 5.74) is 5.78. The maximum Gasteiger partial charge on any atom is 0.256 e. The topological polar surface area (TPSA) is 103 Å². The molecule has 0 bridgehead atoms. The van der Waals surface area contributed by atoms with Gasteiger partial charge in [0.15, 0.2) is 9.84 Å². The Hall–Kier alpha value is -3.69. The van der Waals surface area contributed by atoms with E-state index in [1.807, 2.05) is 32.0 Å². The normalized spacial score (nSPS) is 20.0. The van der Waals surface area contributed by atoms with E-state index >= 15 is 0 Å². The van der Waals surface area contributed by atoms with Crippen molar-refractivity contribution >= 4 is 39.0 Å². The van der Waals surface area contributed by atoms with Crippen LogP contribution in [0.1, 0.15) is 59.3 Å². The molecule has 2 fully saturated rings. The highest BCUT2D eigenvalue weighted by Crippen LogP contribution is 2.36. The van der Waals surface area contributed by atoms with Gasteiger partial charge >= 0.3 is 0 Å². The van der Waals surface area contributed by atoms with E-state index in [-0.39, 0.29) is 28.5 Å². The first-order valence-corrected chi connectivity index (χ1v) is 16.5. The molecule has 2 aromatic carbocycles. The molecule has 3 aliphatic rings. The third-order valence-corrected chi connectivity index (χ3v) is 10.6. The van der Waals surface area contributed by atoms with Crippen LogP contribution in [0.3, 0.4) is 0 Å². The number of hydrogen-bond acceptors (Lipinski definition) is 5. The van der Waals surface area contributed by atoms with Crippen molar-refractivity contribution < 1.29 is 18.0 Å². The first kappa shape index (κ1) is 28.4. The van der Waals surface area contributed by atoms with Crippen LogP contribution in [0.25, 0.3) is 11.6 Å². The smallest absolute Gasteiger partial charge is 0.256 e. The molecule has 42 heavy (non-hydrogen) atoms. The standard InChI is InChI=1S/C33H38N4O4S/c1-22-27(19-32(38)37-16-8-11-25(37)20-36-14-6-7-15-36)23(2)34-31(22)18-29-28-17-26(12-13-30(28)35-33(29)39)42(40,41)21-24-9-4-3-5-10-24/h3-5,9-10,12-13,17-18,25,34H,6-8,11,14-16,19-21H2,1-2H3,(H,35,39)/t25-/m0/s1. The Bertz CT molecular complexity index is 1650. The summed E-state index contributed by atoms with van der Waals surface area (Å²) in [6.07, 6.45) is 6.68. The average Bonchev–Trinajstić information content (AvgIpc) is 3.75.